The summed E-state index contributed by atoms with van der Waals surface area (Å²) in [6.07, 6.45) is 0. The molecule has 0 saturated carbocycles. The van der Waals surface area contributed by atoms with E-state index in [-0.39, 0.29) is 70.9 Å². The van der Waals surface area contributed by atoms with E-state index in [0.29, 0.717) is 0 Å². The van der Waals surface area contributed by atoms with Crippen molar-refractivity contribution in [2.75, 3.05) is 0 Å². The minimum Gasteiger partial charge on any atom is -0.412 e. The third kappa shape index (κ3) is 133. The van der Waals surface area contributed by atoms with Crippen molar-refractivity contribution < 1.29 is 53.6 Å². The summed E-state index contributed by atoms with van der Waals surface area (Å²) in [7, 11) is 0. The van der Waals surface area contributed by atoms with Gasteiger partial charge in [-0.3, -0.25) is 0 Å². The third-order valence-corrected chi connectivity index (χ3v) is 0. The minimum absolute atomic E-state index is 0. The standard InChI is InChI=1S/Al.5H2O.Zr.3H/h;5*1H2;;;;. The molecule has 0 aliphatic rings. The first-order valence-corrected chi connectivity index (χ1v) is 0. The third-order valence-electron chi connectivity index (χ3n) is 0. The quantitative estimate of drug-likeness (QED) is 0.350. The van der Waals surface area contributed by atoms with Crippen LogP contribution in [0.3, 0.4) is 0 Å². The van der Waals surface area contributed by atoms with E-state index < -0.39 is 0 Å². The molecule has 0 aliphatic heterocycles. The molecule has 7 heavy (non-hydrogen) atoms. The molecule has 0 aromatic rings. The van der Waals surface area contributed by atoms with Gasteiger partial charge in [0.25, 0.3) is 0 Å². The Hall–Kier alpha value is 1.22. The monoisotopic (exact) mass is 210 g/mol. The summed E-state index contributed by atoms with van der Waals surface area (Å²) in [5.74, 6) is 0. The van der Waals surface area contributed by atoms with Gasteiger partial charge in [-0.2, -0.15) is 0 Å². The van der Waals surface area contributed by atoms with E-state index in [9.17, 15) is 0 Å². The molecule has 0 radical (unpaired) electrons. The first-order valence-electron chi connectivity index (χ1n) is 0. The molecule has 10 N–H and O–H groups in total. The summed E-state index contributed by atoms with van der Waals surface area (Å²) in [5, 5.41) is 0. The molecule has 0 aromatic heterocycles. The van der Waals surface area contributed by atoms with Crippen LogP contribution in [0, 0.1) is 0 Å². The molecule has 0 amide bonds. The molecule has 0 bridgehead atoms. The second-order valence-electron chi connectivity index (χ2n) is 0. The second kappa shape index (κ2) is 189. The smallest absolute Gasteiger partial charge is 0.187 e. The average molecular weight is 211 g/mol. The van der Waals surface area contributed by atoms with E-state index in [2.05, 4.69) is 0 Å². The molecule has 0 fully saturated rings. The molecule has 0 atom stereocenters. The Morgan fingerprint density at radius 3 is 0.429 bits per heavy atom. The SMILES string of the molecule is O.O.O.O.O.[AlH3].[Zr]. The van der Waals surface area contributed by atoms with Gasteiger partial charge in [0.2, 0.25) is 0 Å². The summed E-state index contributed by atoms with van der Waals surface area (Å²) < 4.78 is 0. The minimum atomic E-state index is 0. The Bertz CT molecular complexity index is 8.04. The maximum atomic E-state index is 0. The summed E-state index contributed by atoms with van der Waals surface area (Å²) in [6.45, 7) is 0. The Kier molecular flexibility index (Phi) is 7800. The van der Waals surface area contributed by atoms with Crippen molar-refractivity contribution in [1.29, 1.82) is 0 Å². The zero-order valence-corrected chi connectivity index (χ0v) is 5.46. The van der Waals surface area contributed by atoms with Gasteiger partial charge in [0, 0.05) is 26.2 Å². The van der Waals surface area contributed by atoms with Crippen LogP contribution < -0.4 is 0 Å². The van der Waals surface area contributed by atoms with Gasteiger partial charge in [0.05, 0.1) is 0 Å². The van der Waals surface area contributed by atoms with Gasteiger partial charge in [-0.15, -0.1) is 0 Å². The Morgan fingerprint density at radius 2 is 0.429 bits per heavy atom. The average Bonchev–Trinajstić information content (AvgIpc) is 0. The maximum Gasteiger partial charge on any atom is 0.187 e. The van der Waals surface area contributed by atoms with E-state index in [0.717, 1.165) is 0 Å². The largest absolute Gasteiger partial charge is 0.412 e. The second-order valence-corrected chi connectivity index (χ2v) is 0. The summed E-state index contributed by atoms with van der Waals surface area (Å²) >= 11 is 0. The van der Waals surface area contributed by atoms with Crippen molar-refractivity contribution in [3.63, 3.8) is 0 Å². The zero-order valence-electron chi connectivity index (χ0n) is 3.00. The van der Waals surface area contributed by atoms with Crippen molar-refractivity contribution in [3.8, 4) is 0 Å². The van der Waals surface area contributed by atoms with Gasteiger partial charge >= 0.3 is 0 Å². The first-order chi connectivity index (χ1) is 0. The van der Waals surface area contributed by atoms with Gasteiger partial charge in [-0.05, 0) is 0 Å². The summed E-state index contributed by atoms with van der Waals surface area (Å²) in [4.78, 5) is 0. The number of hydrogen-bond donors (Lipinski definition) is 0. The van der Waals surface area contributed by atoms with E-state index in [1.807, 2.05) is 0 Å². The molecule has 0 unspecified atom stereocenters. The molecule has 7 heteroatoms. The van der Waals surface area contributed by atoms with E-state index in [1.165, 1.54) is 0 Å². The van der Waals surface area contributed by atoms with E-state index in [1.54, 1.807) is 0 Å². The van der Waals surface area contributed by atoms with Crippen LogP contribution in [0.5, 0.6) is 0 Å². The Balaban J connectivity index is 0. The maximum absolute atomic E-state index is 0. The van der Waals surface area contributed by atoms with Crippen LogP contribution in [-0.4, -0.2) is 44.7 Å². The van der Waals surface area contributed by atoms with Crippen LogP contribution in [0.25, 0.3) is 0 Å². The molecular weight excluding hydrogens is 198 g/mol. The van der Waals surface area contributed by atoms with Crippen molar-refractivity contribution in [3.05, 3.63) is 0 Å². The predicted molar refractivity (Wildman–Crippen MR) is 28.0 cm³/mol. The number of hydrogen-bond acceptors (Lipinski definition) is 0. The molecular formula is H13AlO5Zr. The topological polar surface area (TPSA) is 158 Å². The molecule has 0 aromatic carbocycles. The molecule has 0 aliphatic carbocycles. The van der Waals surface area contributed by atoms with Crippen molar-refractivity contribution in [2.24, 2.45) is 0 Å². The van der Waals surface area contributed by atoms with Gasteiger partial charge < -0.3 is 27.4 Å². The molecule has 0 rings (SSSR count). The van der Waals surface area contributed by atoms with Crippen LogP contribution in [0.1, 0.15) is 0 Å². The van der Waals surface area contributed by atoms with Crippen LogP contribution in [-0.2, 0) is 26.2 Å². The van der Waals surface area contributed by atoms with Gasteiger partial charge in [-0.1, -0.05) is 0 Å². The van der Waals surface area contributed by atoms with Crippen LogP contribution in [0.2, 0.25) is 0 Å². The molecule has 50 valence electrons. The van der Waals surface area contributed by atoms with Crippen molar-refractivity contribution in [2.45, 2.75) is 0 Å². The Morgan fingerprint density at radius 1 is 0.429 bits per heavy atom. The summed E-state index contributed by atoms with van der Waals surface area (Å²) in [6, 6.07) is 0. The van der Waals surface area contributed by atoms with Gasteiger partial charge in [0.15, 0.2) is 17.4 Å². The fourth-order valence-corrected chi connectivity index (χ4v) is 0. The molecule has 0 saturated heterocycles. The van der Waals surface area contributed by atoms with Crippen LogP contribution >= 0.6 is 0 Å². The predicted octanol–water partition coefficient (Wildman–Crippen LogP) is -5.31. The van der Waals surface area contributed by atoms with E-state index in [4.69, 9.17) is 0 Å². The first kappa shape index (κ1) is 289. The van der Waals surface area contributed by atoms with E-state index >= 15 is 0 Å². The molecule has 0 heterocycles. The van der Waals surface area contributed by atoms with Crippen molar-refractivity contribution >= 4 is 17.4 Å². The normalized spacial score (nSPS) is 0. The zero-order chi connectivity index (χ0) is 0. The fraction of sp³-hybridized carbons (Fsp3) is 0. The summed E-state index contributed by atoms with van der Waals surface area (Å²) in [5.41, 5.74) is 0. The van der Waals surface area contributed by atoms with Crippen molar-refractivity contribution in [1.82, 2.24) is 0 Å². The Labute approximate surface area is 70.9 Å². The fourth-order valence-electron chi connectivity index (χ4n) is 0. The molecule has 0 spiro atoms. The number of rotatable bonds is 0. The van der Waals surface area contributed by atoms with Crippen LogP contribution in [0.15, 0.2) is 0 Å². The van der Waals surface area contributed by atoms with Gasteiger partial charge in [-0.25, -0.2) is 0 Å². The molecule has 5 nitrogen and oxygen atoms in total. The van der Waals surface area contributed by atoms with Crippen LogP contribution in [0.4, 0.5) is 0 Å². The van der Waals surface area contributed by atoms with Gasteiger partial charge in [0.1, 0.15) is 0 Å².